The Morgan fingerprint density at radius 1 is 1.23 bits per heavy atom. The van der Waals surface area contributed by atoms with Gasteiger partial charge in [-0.1, -0.05) is 43.2 Å². The highest BCUT2D eigenvalue weighted by atomic mass is 35.5. The van der Waals surface area contributed by atoms with E-state index in [9.17, 15) is 23.1 Å². The van der Waals surface area contributed by atoms with Gasteiger partial charge in [-0.25, -0.2) is 4.79 Å². The Bertz CT molecular complexity index is 1330. The minimum atomic E-state index is -4.60. The summed E-state index contributed by atoms with van der Waals surface area (Å²) in [7, 11) is 1.41. The van der Waals surface area contributed by atoms with Crippen molar-refractivity contribution in [1.29, 1.82) is 0 Å². The smallest absolute Gasteiger partial charge is 0.435 e. The number of carbonyl (C=O) groups is 1. The molecular weight excluding hydrogens is 547 g/mol. The third-order valence-corrected chi connectivity index (χ3v) is 9.01. The molecule has 0 spiro atoms. The average Bonchev–Trinajstić information content (AvgIpc) is 3.40. The Balaban J connectivity index is 1.74. The van der Waals surface area contributed by atoms with E-state index in [4.69, 9.17) is 11.6 Å². The van der Waals surface area contributed by atoms with Crippen LogP contribution in [0.15, 0.2) is 11.6 Å². The van der Waals surface area contributed by atoms with Crippen LogP contribution in [0.5, 0.6) is 0 Å². The molecule has 212 valence electrons. The lowest BCUT2D eigenvalue weighted by Crippen LogP contribution is -2.34. The summed E-state index contributed by atoms with van der Waals surface area (Å²) >= 11 is 7.46. The zero-order chi connectivity index (χ0) is 28.7. The summed E-state index contributed by atoms with van der Waals surface area (Å²) in [6.45, 7) is 9.24. The van der Waals surface area contributed by atoms with Gasteiger partial charge in [0.25, 0.3) is 0 Å². The normalized spacial score (nSPS) is 21.2. The van der Waals surface area contributed by atoms with Gasteiger partial charge in [0.2, 0.25) is 0 Å². The maximum absolute atomic E-state index is 13.7. The number of hydrogen-bond donors (Lipinski definition) is 1. The number of thiophene rings is 1. The lowest BCUT2D eigenvalue weighted by molar-refractivity contribution is -0.142. The summed E-state index contributed by atoms with van der Waals surface area (Å²) in [5, 5.41) is 13.7. The van der Waals surface area contributed by atoms with Crippen molar-refractivity contribution < 1.29 is 23.1 Å². The van der Waals surface area contributed by atoms with E-state index in [1.807, 2.05) is 31.7 Å². The number of nitrogens with zero attached hydrogens (tertiary/aromatic N) is 3. The molecule has 39 heavy (non-hydrogen) atoms. The van der Waals surface area contributed by atoms with Crippen molar-refractivity contribution in [3.8, 4) is 11.8 Å². The molecule has 0 aromatic carbocycles. The van der Waals surface area contributed by atoms with Crippen molar-refractivity contribution in [2.75, 3.05) is 13.1 Å². The van der Waals surface area contributed by atoms with Crippen LogP contribution < -0.4 is 0 Å². The molecule has 1 aliphatic heterocycles. The number of carboxylic acids is 1. The maximum atomic E-state index is 13.7. The van der Waals surface area contributed by atoms with Crippen molar-refractivity contribution in [2.24, 2.45) is 24.3 Å². The first-order valence-electron chi connectivity index (χ1n) is 13.3. The Hall–Kier alpha value is -2.28. The van der Waals surface area contributed by atoms with Crippen LogP contribution in [0.1, 0.15) is 91.2 Å². The van der Waals surface area contributed by atoms with Gasteiger partial charge in [-0.05, 0) is 69.1 Å². The molecule has 2 aromatic heterocycles. The number of aromatic carboxylic acids is 1. The third-order valence-electron chi connectivity index (χ3n) is 7.50. The van der Waals surface area contributed by atoms with Crippen molar-refractivity contribution in [2.45, 2.75) is 72.5 Å². The van der Waals surface area contributed by atoms with E-state index < -0.39 is 17.8 Å². The van der Waals surface area contributed by atoms with E-state index in [1.165, 1.54) is 18.4 Å². The van der Waals surface area contributed by atoms with E-state index in [0.29, 0.717) is 35.9 Å². The molecule has 0 saturated heterocycles. The number of aryl methyl sites for hydroxylation is 1. The van der Waals surface area contributed by atoms with E-state index in [-0.39, 0.29) is 33.5 Å². The molecule has 2 aliphatic rings. The number of halogens is 4. The zero-order valence-electron chi connectivity index (χ0n) is 23.0. The van der Waals surface area contributed by atoms with Gasteiger partial charge in [-0.2, -0.15) is 18.3 Å². The predicted octanol–water partition coefficient (Wildman–Crippen LogP) is 7.74. The molecule has 1 saturated carbocycles. The third kappa shape index (κ3) is 6.90. The number of carboxylic acid groups (broad SMARTS) is 1. The van der Waals surface area contributed by atoms with Crippen LogP contribution in [-0.4, -0.2) is 38.8 Å². The molecule has 5 nitrogen and oxygen atoms in total. The highest BCUT2D eigenvalue weighted by Crippen LogP contribution is 2.43. The molecule has 0 atom stereocenters. The molecule has 0 bridgehead atoms. The Labute approximate surface area is 237 Å². The van der Waals surface area contributed by atoms with Crippen LogP contribution >= 0.6 is 22.9 Å². The van der Waals surface area contributed by atoms with Gasteiger partial charge in [-0.15, -0.1) is 11.3 Å². The molecule has 1 aliphatic carbocycles. The molecule has 10 heteroatoms. The first-order valence-corrected chi connectivity index (χ1v) is 14.5. The molecule has 3 heterocycles. The summed E-state index contributed by atoms with van der Waals surface area (Å²) in [6, 6.07) is 1.89. The number of aromatic nitrogens is 2. The molecule has 0 unspecified atom stereocenters. The summed E-state index contributed by atoms with van der Waals surface area (Å²) in [5.41, 5.74) is 1.66. The fraction of sp³-hybridized carbons (Fsp3) is 0.586. The number of alkyl halides is 3. The SMILES string of the molecule is CC1CCC(C2=C(c3cc(C#CC(C)(C)C)sc3C(=O)O)CCN(Cc3c(C(F)(F)F)nn(C)c3Cl)C2)CC1. The first kappa shape index (κ1) is 29.7. The summed E-state index contributed by atoms with van der Waals surface area (Å²) < 4.78 is 42.2. The fourth-order valence-electron chi connectivity index (χ4n) is 5.50. The second kappa shape index (κ2) is 11.3. The van der Waals surface area contributed by atoms with Crippen LogP contribution in [0.4, 0.5) is 13.2 Å². The standard InChI is InChI=1S/C29H35ClF3N3O2S/c1-17-6-8-18(9-7-17)22-15-36(16-23-25(29(31,32)33)34-35(5)26(23)30)13-11-20(22)21-14-19(10-12-28(2,3)4)39-24(21)27(37)38/h14,17-18H,6-9,11,13,15-16H2,1-5H3,(H,37,38). The fourth-order valence-corrected chi connectivity index (χ4v) is 6.56. The minimum absolute atomic E-state index is 0.0156. The summed E-state index contributed by atoms with van der Waals surface area (Å²) in [6.07, 6.45) is 0.0649. The van der Waals surface area contributed by atoms with Crippen LogP contribution in [0.3, 0.4) is 0 Å². The van der Waals surface area contributed by atoms with Gasteiger partial charge in [0.05, 0.1) is 4.88 Å². The Morgan fingerprint density at radius 2 is 1.90 bits per heavy atom. The van der Waals surface area contributed by atoms with E-state index in [1.54, 1.807) is 0 Å². The second-order valence-corrected chi connectivity index (χ2v) is 13.2. The molecule has 4 rings (SSSR count). The largest absolute Gasteiger partial charge is 0.477 e. The Morgan fingerprint density at radius 3 is 2.49 bits per heavy atom. The van der Waals surface area contributed by atoms with Crippen LogP contribution in [0, 0.1) is 29.1 Å². The van der Waals surface area contributed by atoms with Gasteiger partial charge in [0.1, 0.15) is 10.0 Å². The maximum Gasteiger partial charge on any atom is 0.435 e. The highest BCUT2D eigenvalue weighted by molar-refractivity contribution is 7.14. The lowest BCUT2D eigenvalue weighted by Gasteiger charge is -2.37. The molecule has 0 radical (unpaired) electrons. The van der Waals surface area contributed by atoms with Gasteiger partial charge in [0.15, 0.2) is 5.69 Å². The molecule has 1 fully saturated rings. The van der Waals surface area contributed by atoms with Crippen LogP contribution in [0.25, 0.3) is 5.57 Å². The topological polar surface area (TPSA) is 58.4 Å². The van der Waals surface area contributed by atoms with Gasteiger partial charge >= 0.3 is 12.1 Å². The van der Waals surface area contributed by atoms with Crippen LogP contribution in [-0.2, 0) is 19.8 Å². The Kier molecular flexibility index (Phi) is 8.61. The summed E-state index contributed by atoms with van der Waals surface area (Å²) in [5.74, 6) is 6.25. The second-order valence-electron chi connectivity index (χ2n) is 11.8. The predicted molar refractivity (Wildman–Crippen MR) is 149 cm³/mol. The number of hydrogen-bond acceptors (Lipinski definition) is 4. The van der Waals surface area contributed by atoms with Gasteiger partial charge < -0.3 is 5.11 Å². The molecule has 1 N–H and O–H groups in total. The van der Waals surface area contributed by atoms with E-state index in [2.05, 4.69) is 23.9 Å². The van der Waals surface area contributed by atoms with Gasteiger partial charge in [-0.3, -0.25) is 9.58 Å². The van der Waals surface area contributed by atoms with Crippen molar-refractivity contribution in [1.82, 2.24) is 14.7 Å². The van der Waals surface area contributed by atoms with Crippen molar-refractivity contribution >= 4 is 34.5 Å². The average molecular weight is 582 g/mol. The van der Waals surface area contributed by atoms with Crippen molar-refractivity contribution in [3.63, 3.8) is 0 Å². The highest BCUT2D eigenvalue weighted by Gasteiger charge is 2.40. The minimum Gasteiger partial charge on any atom is -0.477 e. The van der Waals surface area contributed by atoms with E-state index >= 15 is 0 Å². The van der Waals surface area contributed by atoms with E-state index in [0.717, 1.165) is 41.5 Å². The van der Waals surface area contributed by atoms with Gasteiger partial charge in [0, 0.05) is 43.2 Å². The summed E-state index contributed by atoms with van der Waals surface area (Å²) in [4.78, 5) is 15.2. The van der Waals surface area contributed by atoms with Crippen molar-refractivity contribution in [3.05, 3.63) is 43.4 Å². The quantitative estimate of drug-likeness (QED) is 0.367. The number of rotatable bonds is 5. The molecular formula is C29H35ClF3N3O2S. The zero-order valence-corrected chi connectivity index (χ0v) is 24.6. The lowest BCUT2D eigenvalue weighted by atomic mass is 9.75. The monoisotopic (exact) mass is 581 g/mol. The van der Waals surface area contributed by atoms with Crippen LogP contribution in [0.2, 0.25) is 5.15 Å². The first-order chi connectivity index (χ1) is 18.1. The molecule has 0 amide bonds. The molecule has 2 aromatic rings.